The van der Waals surface area contributed by atoms with Crippen LogP contribution < -0.4 is 9.64 Å². The molecule has 0 saturated carbocycles. The number of methoxy groups -OCH3 is 1. The van der Waals surface area contributed by atoms with Crippen LogP contribution >= 0.6 is 46.9 Å². The summed E-state index contributed by atoms with van der Waals surface area (Å²) in [5.74, 6) is 0.502. The van der Waals surface area contributed by atoms with E-state index in [4.69, 9.17) is 37.7 Å². The lowest BCUT2D eigenvalue weighted by atomic mass is 10.2. The summed E-state index contributed by atoms with van der Waals surface area (Å²) in [7, 11) is 1.63. The molecule has 0 atom stereocenters. The van der Waals surface area contributed by atoms with E-state index in [0.29, 0.717) is 33.0 Å². The lowest BCUT2D eigenvalue weighted by molar-refractivity contribution is 0.0376. The van der Waals surface area contributed by atoms with E-state index in [0.717, 1.165) is 55.0 Å². The Bertz CT molecular complexity index is 1120. The van der Waals surface area contributed by atoms with Crippen molar-refractivity contribution >= 4 is 68.2 Å². The smallest absolute Gasteiger partial charge is 0.261 e. The average molecular weight is 531 g/mol. The van der Waals surface area contributed by atoms with Crippen LogP contribution in [0.1, 0.15) is 22.3 Å². The minimum Gasteiger partial charge on any atom is -0.494 e. The minimum absolute atomic E-state index is 0. The highest BCUT2D eigenvalue weighted by molar-refractivity contribution is 7.22. The van der Waals surface area contributed by atoms with Crippen LogP contribution in [0.5, 0.6) is 5.75 Å². The van der Waals surface area contributed by atoms with Gasteiger partial charge < -0.3 is 9.47 Å². The maximum Gasteiger partial charge on any atom is 0.261 e. The number of hydrogen-bond acceptors (Lipinski definition) is 6. The van der Waals surface area contributed by atoms with Crippen molar-refractivity contribution in [3.05, 3.63) is 51.5 Å². The Morgan fingerprint density at radius 2 is 2.00 bits per heavy atom. The molecule has 1 amide bonds. The molecule has 2 aromatic carbocycles. The number of anilines is 1. The van der Waals surface area contributed by atoms with Gasteiger partial charge in [-0.05, 0) is 43.2 Å². The van der Waals surface area contributed by atoms with Crippen molar-refractivity contribution in [2.45, 2.75) is 13.3 Å². The van der Waals surface area contributed by atoms with Gasteiger partial charge in [0.25, 0.3) is 5.91 Å². The molecule has 1 aromatic heterocycles. The molecule has 33 heavy (non-hydrogen) atoms. The maximum absolute atomic E-state index is 13.6. The van der Waals surface area contributed by atoms with Crippen molar-refractivity contribution in [3.63, 3.8) is 0 Å². The fourth-order valence-corrected chi connectivity index (χ4v) is 5.31. The molecule has 0 radical (unpaired) electrons. The summed E-state index contributed by atoms with van der Waals surface area (Å²) in [6.07, 6.45) is 0.809. The molecular weight excluding hydrogens is 505 g/mol. The van der Waals surface area contributed by atoms with Gasteiger partial charge in [0, 0.05) is 31.2 Å². The number of ether oxygens (including phenoxy) is 2. The first kappa shape index (κ1) is 26.0. The zero-order valence-corrected chi connectivity index (χ0v) is 21.6. The standard InChI is InChI=1S/C23H25Cl2N3O3S.ClH/c1-15-4-7-19(30-2)20-21(15)32-23(26-20)28(9-3-8-27-10-12-31-13-11-27)22(29)17-6-5-16(24)14-18(17)25;/h4-7,14H,3,8-13H2,1-2H3;1H. The predicted molar refractivity (Wildman–Crippen MR) is 138 cm³/mol. The molecule has 10 heteroatoms. The maximum atomic E-state index is 13.6. The summed E-state index contributed by atoms with van der Waals surface area (Å²) in [6, 6.07) is 8.85. The Hall–Kier alpha value is -1.61. The number of fused-ring (bicyclic) bond motifs is 1. The van der Waals surface area contributed by atoms with Crippen LogP contribution in [-0.2, 0) is 4.74 Å². The molecule has 1 fully saturated rings. The average Bonchev–Trinajstić information content (AvgIpc) is 3.23. The normalized spacial score (nSPS) is 14.2. The summed E-state index contributed by atoms with van der Waals surface area (Å²) in [4.78, 5) is 22.5. The fraction of sp³-hybridized carbons (Fsp3) is 0.391. The number of benzene rings is 2. The third-order valence-corrected chi connectivity index (χ3v) is 7.27. The number of halogens is 3. The SMILES string of the molecule is COc1ccc(C)c2sc(N(CCCN3CCOCC3)C(=O)c3ccc(Cl)cc3Cl)nc12.Cl. The van der Waals surface area contributed by atoms with E-state index in [9.17, 15) is 4.79 Å². The number of thiazole rings is 1. The van der Waals surface area contributed by atoms with Crippen molar-refractivity contribution in [1.82, 2.24) is 9.88 Å². The molecule has 1 aliphatic rings. The van der Waals surface area contributed by atoms with Gasteiger partial charge in [0.05, 0.1) is 35.6 Å². The van der Waals surface area contributed by atoms with Crippen LogP contribution in [0.15, 0.2) is 30.3 Å². The van der Waals surface area contributed by atoms with Crippen molar-refractivity contribution in [3.8, 4) is 5.75 Å². The molecule has 178 valence electrons. The van der Waals surface area contributed by atoms with Crippen LogP contribution in [0, 0.1) is 6.92 Å². The monoisotopic (exact) mass is 529 g/mol. The second-order valence-electron chi connectivity index (χ2n) is 7.65. The molecule has 4 rings (SSSR count). The highest BCUT2D eigenvalue weighted by Crippen LogP contribution is 2.37. The molecule has 0 unspecified atom stereocenters. The zero-order valence-electron chi connectivity index (χ0n) is 18.5. The number of carbonyl (C=O) groups is 1. The van der Waals surface area contributed by atoms with Crippen molar-refractivity contribution < 1.29 is 14.3 Å². The molecule has 0 spiro atoms. The topological polar surface area (TPSA) is 54.9 Å². The number of aryl methyl sites for hydroxylation is 1. The van der Waals surface area contributed by atoms with Gasteiger partial charge in [-0.25, -0.2) is 4.98 Å². The molecule has 1 aliphatic heterocycles. The Kier molecular flexibility index (Phi) is 9.21. The van der Waals surface area contributed by atoms with Crippen LogP contribution in [0.3, 0.4) is 0 Å². The molecule has 2 heterocycles. The van der Waals surface area contributed by atoms with Gasteiger partial charge in [0.1, 0.15) is 11.3 Å². The highest BCUT2D eigenvalue weighted by Gasteiger charge is 2.25. The number of morpholine rings is 1. The van der Waals surface area contributed by atoms with E-state index in [2.05, 4.69) is 4.90 Å². The largest absolute Gasteiger partial charge is 0.494 e. The molecule has 0 aliphatic carbocycles. The first-order chi connectivity index (χ1) is 15.5. The molecule has 0 N–H and O–H groups in total. The minimum atomic E-state index is -0.190. The Morgan fingerprint density at radius 1 is 1.24 bits per heavy atom. The second-order valence-corrected chi connectivity index (χ2v) is 9.47. The van der Waals surface area contributed by atoms with Crippen LogP contribution in [0.2, 0.25) is 10.0 Å². The zero-order chi connectivity index (χ0) is 22.7. The number of carbonyl (C=O) groups excluding carboxylic acids is 1. The Balaban J connectivity index is 0.00000306. The fourth-order valence-electron chi connectivity index (χ4n) is 3.75. The molecule has 3 aromatic rings. The predicted octanol–water partition coefficient (Wildman–Crippen LogP) is 5.71. The highest BCUT2D eigenvalue weighted by atomic mass is 35.5. The summed E-state index contributed by atoms with van der Waals surface area (Å²) in [5.41, 5.74) is 2.26. The number of hydrogen-bond donors (Lipinski definition) is 0. The lowest BCUT2D eigenvalue weighted by Gasteiger charge is -2.27. The van der Waals surface area contributed by atoms with Gasteiger partial charge in [-0.3, -0.25) is 14.6 Å². The lowest BCUT2D eigenvalue weighted by Crippen LogP contribution is -2.39. The van der Waals surface area contributed by atoms with Crippen LogP contribution in [-0.4, -0.2) is 62.3 Å². The number of aromatic nitrogens is 1. The van der Waals surface area contributed by atoms with Gasteiger partial charge in [0.2, 0.25) is 0 Å². The first-order valence-corrected chi connectivity index (χ1v) is 12.1. The quantitative estimate of drug-likeness (QED) is 0.392. The number of rotatable bonds is 7. The summed E-state index contributed by atoms with van der Waals surface area (Å²) >= 11 is 13.9. The van der Waals surface area contributed by atoms with Crippen molar-refractivity contribution in [1.29, 1.82) is 0 Å². The van der Waals surface area contributed by atoms with Gasteiger partial charge in [0.15, 0.2) is 5.13 Å². The summed E-state index contributed by atoms with van der Waals surface area (Å²) < 4.78 is 11.9. The number of amides is 1. The second kappa shape index (κ2) is 11.7. The molecule has 0 bridgehead atoms. The van der Waals surface area contributed by atoms with E-state index in [-0.39, 0.29) is 18.3 Å². The van der Waals surface area contributed by atoms with Crippen LogP contribution in [0.4, 0.5) is 5.13 Å². The van der Waals surface area contributed by atoms with E-state index in [1.165, 1.54) is 11.3 Å². The van der Waals surface area contributed by atoms with E-state index < -0.39 is 0 Å². The van der Waals surface area contributed by atoms with Crippen molar-refractivity contribution in [2.75, 3.05) is 51.4 Å². The van der Waals surface area contributed by atoms with Gasteiger partial charge in [-0.15, -0.1) is 12.4 Å². The van der Waals surface area contributed by atoms with Crippen molar-refractivity contribution in [2.24, 2.45) is 0 Å². The summed E-state index contributed by atoms with van der Waals surface area (Å²) in [6.45, 7) is 6.76. The Labute approximate surface area is 213 Å². The number of nitrogens with zero attached hydrogens (tertiary/aromatic N) is 3. The molecule has 6 nitrogen and oxygen atoms in total. The van der Waals surface area contributed by atoms with Gasteiger partial charge in [-0.2, -0.15) is 0 Å². The van der Waals surface area contributed by atoms with Crippen LogP contribution in [0.25, 0.3) is 10.2 Å². The van der Waals surface area contributed by atoms with E-state index >= 15 is 0 Å². The third-order valence-electron chi connectivity index (χ3n) is 5.51. The molecular formula is C23H26Cl3N3O3S. The van der Waals surface area contributed by atoms with Gasteiger partial charge >= 0.3 is 0 Å². The Morgan fingerprint density at radius 3 is 2.70 bits per heavy atom. The van der Waals surface area contributed by atoms with Gasteiger partial charge in [-0.1, -0.05) is 40.6 Å². The van der Waals surface area contributed by atoms with E-state index in [1.807, 2.05) is 19.1 Å². The first-order valence-electron chi connectivity index (χ1n) is 10.5. The van der Waals surface area contributed by atoms with E-state index in [1.54, 1.807) is 30.2 Å². The summed E-state index contributed by atoms with van der Waals surface area (Å²) in [5, 5.41) is 1.45. The molecule has 1 saturated heterocycles. The third kappa shape index (κ3) is 5.91.